The third kappa shape index (κ3) is 4.91. The fourth-order valence-electron chi connectivity index (χ4n) is 2.69. The van der Waals surface area contributed by atoms with Gasteiger partial charge in [0.1, 0.15) is 11.5 Å². The molecule has 0 unspecified atom stereocenters. The maximum absolute atomic E-state index is 11.9. The van der Waals surface area contributed by atoms with E-state index in [-0.39, 0.29) is 0 Å². The van der Waals surface area contributed by atoms with Crippen LogP contribution in [0, 0.1) is 0 Å². The van der Waals surface area contributed by atoms with E-state index < -0.39 is 0 Å². The van der Waals surface area contributed by atoms with Gasteiger partial charge in [-0.15, -0.1) is 0 Å². The number of hydrogen-bond acceptors (Lipinski definition) is 4. The van der Waals surface area contributed by atoms with E-state index in [1.165, 1.54) is 6.42 Å². The molecule has 1 aliphatic heterocycles. The molecule has 2 rings (SSSR count). The van der Waals surface area contributed by atoms with Crippen LogP contribution in [0.1, 0.15) is 31.2 Å². The Hall–Kier alpha value is -1.75. The SMILES string of the molecule is COc1cc(CNCCN2CCCCCC2=O)cc(OC)c1. The molecule has 22 heavy (non-hydrogen) atoms. The van der Waals surface area contributed by atoms with E-state index in [0.717, 1.165) is 56.1 Å². The lowest BCUT2D eigenvalue weighted by atomic mass is 10.2. The molecular formula is C17H26N2O3. The first-order valence-electron chi connectivity index (χ1n) is 7.93. The predicted octanol–water partition coefficient (Wildman–Crippen LogP) is 2.20. The number of benzene rings is 1. The van der Waals surface area contributed by atoms with Crippen molar-refractivity contribution in [2.45, 2.75) is 32.2 Å². The molecule has 1 aromatic rings. The Bertz CT molecular complexity index is 469. The molecule has 0 radical (unpaired) electrons. The second-order valence-corrected chi connectivity index (χ2v) is 5.59. The van der Waals surface area contributed by atoms with Gasteiger partial charge < -0.3 is 19.7 Å². The minimum atomic E-state index is 0.294. The van der Waals surface area contributed by atoms with Crippen LogP contribution in [0.25, 0.3) is 0 Å². The molecule has 0 aromatic heterocycles. The van der Waals surface area contributed by atoms with Gasteiger partial charge in [0, 0.05) is 38.7 Å². The van der Waals surface area contributed by atoms with Crippen molar-refractivity contribution in [2.75, 3.05) is 33.9 Å². The number of rotatable bonds is 7. The zero-order chi connectivity index (χ0) is 15.8. The van der Waals surface area contributed by atoms with Crippen LogP contribution in [-0.4, -0.2) is 44.7 Å². The predicted molar refractivity (Wildman–Crippen MR) is 86.3 cm³/mol. The zero-order valence-corrected chi connectivity index (χ0v) is 13.6. The molecule has 1 amide bonds. The van der Waals surface area contributed by atoms with Crippen LogP contribution in [0.2, 0.25) is 0 Å². The van der Waals surface area contributed by atoms with Crippen molar-refractivity contribution in [1.29, 1.82) is 0 Å². The highest BCUT2D eigenvalue weighted by molar-refractivity contribution is 5.76. The van der Waals surface area contributed by atoms with E-state index in [0.29, 0.717) is 12.3 Å². The van der Waals surface area contributed by atoms with Crippen LogP contribution < -0.4 is 14.8 Å². The Morgan fingerprint density at radius 2 is 1.82 bits per heavy atom. The molecule has 0 spiro atoms. The number of likely N-dealkylation sites (tertiary alicyclic amines) is 1. The molecule has 0 bridgehead atoms. The third-order valence-electron chi connectivity index (χ3n) is 3.97. The zero-order valence-electron chi connectivity index (χ0n) is 13.6. The highest BCUT2D eigenvalue weighted by Crippen LogP contribution is 2.22. The van der Waals surface area contributed by atoms with Gasteiger partial charge in [0.25, 0.3) is 0 Å². The molecule has 1 heterocycles. The minimum absolute atomic E-state index is 0.294. The standard InChI is InChI=1S/C17H26N2O3/c1-21-15-10-14(11-16(12-15)22-2)13-18-7-9-19-8-5-3-4-6-17(19)20/h10-12,18H,3-9,13H2,1-2H3. The largest absolute Gasteiger partial charge is 0.497 e. The molecule has 1 fully saturated rings. The Labute approximate surface area is 132 Å². The number of methoxy groups -OCH3 is 2. The summed E-state index contributed by atoms with van der Waals surface area (Å²) in [6.45, 7) is 3.20. The van der Waals surface area contributed by atoms with Crippen molar-refractivity contribution in [3.8, 4) is 11.5 Å². The summed E-state index contributed by atoms with van der Waals surface area (Å²) in [5.41, 5.74) is 1.11. The molecule has 0 atom stereocenters. The van der Waals surface area contributed by atoms with Gasteiger partial charge in [-0.3, -0.25) is 4.79 Å². The topological polar surface area (TPSA) is 50.8 Å². The summed E-state index contributed by atoms with van der Waals surface area (Å²) in [6.07, 6.45) is 4.03. The number of carbonyl (C=O) groups excluding carboxylic acids is 1. The van der Waals surface area contributed by atoms with E-state index in [1.807, 2.05) is 23.1 Å². The van der Waals surface area contributed by atoms with E-state index in [1.54, 1.807) is 14.2 Å². The Morgan fingerprint density at radius 1 is 1.09 bits per heavy atom. The number of amides is 1. The number of ether oxygens (including phenoxy) is 2. The van der Waals surface area contributed by atoms with Gasteiger partial charge in [-0.05, 0) is 30.5 Å². The lowest BCUT2D eigenvalue weighted by Crippen LogP contribution is -2.36. The van der Waals surface area contributed by atoms with Crippen molar-refractivity contribution < 1.29 is 14.3 Å². The van der Waals surface area contributed by atoms with E-state index in [2.05, 4.69) is 5.32 Å². The number of hydrogen-bond donors (Lipinski definition) is 1. The third-order valence-corrected chi connectivity index (χ3v) is 3.97. The number of carbonyl (C=O) groups is 1. The quantitative estimate of drug-likeness (QED) is 0.785. The van der Waals surface area contributed by atoms with Gasteiger partial charge in [0.05, 0.1) is 14.2 Å². The summed E-state index contributed by atoms with van der Waals surface area (Å²) < 4.78 is 10.5. The van der Waals surface area contributed by atoms with Gasteiger partial charge in [-0.25, -0.2) is 0 Å². The lowest BCUT2D eigenvalue weighted by molar-refractivity contribution is -0.130. The van der Waals surface area contributed by atoms with Crippen molar-refractivity contribution >= 4 is 5.91 Å². The fraction of sp³-hybridized carbons (Fsp3) is 0.588. The summed E-state index contributed by atoms with van der Waals surface area (Å²) in [7, 11) is 3.30. The summed E-state index contributed by atoms with van der Waals surface area (Å²) in [4.78, 5) is 13.9. The highest BCUT2D eigenvalue weighted by Gasteiger charge is 2.15. The minimum Gasteiger partial charge on any atom is -0.497 e. The van der Waals surface area contributed by atoms with E-state index in [4.69, 9.17) is 9.47 Å². The maximum Gasteiger partial charge on any atom is 0.222 e. The molecule has 1 saturated heterocycles. The lowest BCUT2D eigenvalue weighted by Gasteiger charge is -2.20. The van der Waals surface area contributed by atoms with Gasteiger partial charge in [0.2, 0.25) is 5.91 Å². The van der Waals surface area contributed by atoms with Crippen molar-refractivity contribution in [3.63, 3.8) is 0 Å². The first-order chi connectivity index (χ1) is 10.7. The Kier molecular flexibility index (Phi) is 6.52. The van der Waals surface area contributed by atoms with Crippen LogP contribution in [0.15, 0.2) is 18.2 Å². The van der Waals surface area contributed by atoms with Gasteiger partial charge in [-0.2, -0.15) is 0 Å². The van der Waals surface area contributed by atoms with Crippen LogP contribution in [0.5, 0.6) is 11.5 Å². The van der Waals surface area contributed by atoms with Gasteiger partial charge >= 0.3 is 0 Å². The fourth-order valence-corrected chi connectivity index (χ4v) is 2.69. The molecule has 1 N–H and O–H groups in total. The second-order valence-electron chi connectivity index (χ2n) is 5.59. The van der Waals surface area contributed by atoms with E-state index >= 15 is 0 Å². The average molecular weight is 306 g/mol. The molecule has 1 aromatic carbocycles. The molecule has 5 nitrogen and oxygen atoms in total. The first kappa shape index (κ1) is 16.6. The van der Waals surface area contributed by atoms with Gasteiger partial charge in [-0.1, -0.05) is 6.42 Å². The Morgan fingerprint density at radius 3 is 2.50 bits per heavy atom. The van der Waals surface area contributed by atoms with Crippen molar-refractivity contribution in [2.24, 2.45) is 0 Å². The number of nitrogens with one attached hydrogen (secondary N) is 1. The summed E-state index contributed by atoms with van der Waals surface area (Å²) in [5.74, 6) is 1.88. The maximum atomic E-state index is 11.9. The Balaban J connectivity index is 1.79. The monoisotopic (exact) mass is 306 g/mol. The molecule has 1 aliphatic rings. The van der Waals surface area contributed by atoms with Crippen molar-refractivity contribution in [3.05, 3.63) is 23.8 Å². The molecule has 122 valence electrons. The normalized spacial score (nSPS) is 15.5. The van der Waals surface area contributed by atoms with E-state index in [9.17, 15) is 4.79 Å². The molecule has 5 heteroatoms. The van der Waals surface area contributed by atoms with Crippen LogP contribution in [0.3, 0.4) is 0 Å². The molecule has 0 aliphatic carbocycles. The van der Waals surface area contributed by atoms with Crippen LogP contribution in [0.4, 0.5) is 0 Å². The smallest absolute Gasteiger partial charge is 0.222 e. The van der Waals surface area contributed by atoms with Crippen LogP contribution >= 0.6 is 0 Å². The summed E-state index contributed by atoms with van der Waals surface area (Å²) in [6, 6.07) is 5.85. The van der Waals surface area contributed by atoms with Gasteiger partial charge in [0.15, 0.2) is 0 Å². The molecule has 0 saturated carbocycles. The summed E-state index contributed by atoms with van der Waals surface area (Å²) >= 11 is 0. The summed E-state index contributed by atoms with van der Waals surface area (Å²) in [5, 5.41) is 3.39. The molecular weight excluding hydrogens is 280 g/mol. The average Bonchev–Trinajstić information content (AvgIpc) is 2.75. The first-order valence-corrected chi connectivity index (χ1v) is 7.93. The highest BCUT2D eigenvalue weighted by atomic mass is 16.5. The second kappa shape index (κ2) is 8.63. The van der Waals surface area contributed by atoms with Crippen molar-refractivity contribution in [1.82, 2.24) is 10.2 Å². The van der Waals surface area contributed by atoms with Crippen LogP contribution in [-0.2, 0) is 11.3 Å². The number of nitrogens with zero attached hydrogens (tertiary/aromatic N) is 1.